The Morgan fingerprint density at radius 2 is 2.12 bits per heavy atom. The van der Waals surface area contributed by atoms with Gasteiger partial charge in [0.15, 0.2) is 0 Å². The van der Waals surface area contributed by atoms with Crippen LogP contribution in [0.5, 0.6) is 5.75 Å². The third kappa shape index (κ3) is 2.84. The van der Waals surface area contributed by atoms with Crippen LogP contribution >= 0.6 is 15.9 Å². The largest absolute Gasteiger partial charge is 0.489 e. The molecule has 0 amide bonds. The quantitative estimate of drug-likeness (QED) is 0.710. The van der Waals surface area contributed by atoms with E-state index in [0.717, 1.165) is 22.2 Å². The molecule has 3 nitrogen and oxygen atoms in total. The molecule has 1 fully saturated rings. The molecule has 0 N–H and O–H groups in total. The first-order valence-electron chi connectivity index (χ1n) is 8.34. The van der Waals surface area contributed by atoms with Crippen molar-refractivity contribution in [1.29, 1.82) is 0 Å². The molecule has 1 saturated carbocycles. The van der Waals surface area contributed by atoms with Crippen molar-refractivity contribution in [3.8, 4) is 5.75 Å². The Kier molecular flexibility index (Phi) is 4.09. The van der Waals surface area contributed by atoms with Crippen LogP contribution in [0.25, 0.3) is 0 Å². The molecule has 2 aromatic rings. The minimum absolute atomic E-state index is 0.0341. The Morgan fingerprint density at radius 1 is 1.25 bits per heavy atom. The maximum atomic E-state index is 11.9. The fraction of sp³-hybridized carbons (Fsp3) is 0.350. The molecule has 0 bridgehead atoms. The Bertz CT molecular complexity index is 786. The maximum absolute atomic E-state index is 11.9. The van der Waals surface area contributed by atoms with Crippen molar-refractivity contribution in [3.05, 3.63) is 63.6 Å². The number of fused-ring (bicyclic) bond motifs is 3. The molecule has 124 valence electrons. The van der Waals surface area contributed by atoms with Crippen molar-refractivity contribution in [2.45, 2.75) is 25.9 Å². The van der Waals surface area contributed by atoms with Gasteiger partial charge in [0.2, 0.25) is 0 Å². The molecular formula is C20H19BrO3. The van der Waals surface area contributed by atoms with Crippen LogP contribution in [-0.2, 0) is 22.6 Å². The Balaban J connectivity index is 1.42. The standard InChI is InChI=1S/C20H19BrO3/c1-2-23-20(22)19-17-10-13-9-15(6-7-16(13)18(17)19)24-11-12-4-3-5-14(21)8-12/h3-9,17-19H,2,10-11H2,1H3/t17-,18+,19+/m1/s1. The van der Waals surface area contributed by atoms with Crippen molar-refractivity contribution in [2.75, 3.05) is 6.61 Å². The Hall–Kier alpha value is -1.81. The molecule has 0 heterocycles. The van der Waals surface area contributed by atoms with Crippen molar-refractivity contribution < 1.29 is 14.3 Å². The number of ether oxygens (including phenoxy) is 2. The number of hydrogen-bond donors (Lipinski definition) is 0. The number of hydrogen-bond acceptors (Lipinski definition) is 3. The highest BCUT2D eigenvalue weighted by Crippen LogP contribution is 2.62. The topological polar surface area (TPSA) is 35.5 Å². The summed E-state index contributed by atoms with van der Waals surface area (Å²) in [5.41, 5.74) is 3.75. The molecule has 2 aliphatic carbocycles. The van der Waals surface area contributed by atoms with Gasteiger partial charge in [-0.1, -0.05) is 34.1 Å². The Morgan fingerprint density at radius 3 is 2.92 bits per heavy atom. The number of benzene rings is 2. The summed E-state index contributed by atoms with van der Waals surface area (Å²) >= 11 is 3.48. The van der Waals surface area contributed by atoms with Crippen molar-refractivity contribution >= 4 is 21.9 Å². The van der Waals surface area contributed by atoms with Gasteiger partial charge < -0.3 is 9.47 Å². The van der Waals surface area contributed by atoms with Crippen LogP contribution in [0.1, 0.15) is 29.5 Å². The van der Waals surface area contributed by atoms with E-state index in [1.165, 1.54) is 11.1 Å². The van der Waals surface area contributed by atoms with Gasteiger partial charge in [0.1, 0.15) is 12.4 Å². The normalized spacial score (nSPS) is 23.3. The van der Waals surface area contributed by atoms with Gasteiger partial charge in [-0.05, 0) is 60.2 Å². The summed E-state index contributed by atoms with van der Waals surface area (Å²) in [5, 5.41) is 0. The second-order valence-electron chi connectivity index (χ2n) is 6.45. The van der Waals surface area contributed by atoms with Crippen LogP contribution in [0, 0.1) is 11.8 Å². The van der Waals surface area contributed by atoms with E-state index >= 15 is 0 Å². The van der Waals surface area contributed by atoms with E-state index in [0.29, 0.717) is 25.0 Å². The molecule has 4 heteroatoms. The van der Waals surface area contributed by atoms with Gasteiger partial charge in [0, 0.05) is 10.4 Å². The van der Waals surface area contributed by atoms with E-state index in [2.05, 4.69) is 40.2 Å². The monoisotopic (exact) mass is 386 g/mol. The van der Waals surface area contributed by atoms with E-state index in [4.69, 9.17) is 9.47 Å². The highest BCUT2D eigenvalue weighted by Gasteiger charge is 2.60. The molecule has 24 heavy (non-hydrogen) atoms. The van der Waals surface area contributed by atoms with Gasteiger partial charge in [-0.25, -0.2) is 0 Å². The van der Waals surface area contributed by atoms with Crippen molar-refractivity contribution in [2.24, 2.45) is 11.8 Å². The third-order valence-corrected chi connectivity index (χ3v) is 5.44. The van der Waals surface area contributed by atoms with E-state index in [1.54, 1.807) is 0 Å². The van der Waals surface area contributed by atoms with E-state index in [9.17, 15) is 4.79 Å². The summed E-state index contributed by atoms with van der Waals surface area (Å²) in [6.45, 7) is 2.87. The first-order chi connectivity index (χ1) is 11.7. The molecule has 4 rings (SSSR count). The summed E-state index contributed by atoms with van der Waals surface area (Å²) in [4.78, 5) is 11.9. The van der Waals surface area contributed by atoms with E-state index in [1.807, 2.05) is 25.1 Å². The van der Waals surface area contributed by atoms with Gasteiger partial charge in [-0.3, -0.25) is 4.79 Å². The fourth-order valence-electron chi connectivity index (χ4n) is 3.83. The molecule has 0 spiro atoms. The van der Waals surface area contributed by atoms with Crippen molar-refractivity contribution in [3.63, 3.8) is 0 Å². The number of carbonyl (C=O) groups is 1. The lowest BCUT2D eigenvalue weighted by Gasteiger charge is -2.11. The summed E-state index contributed by atoms with van der Waals surface area (Å²) in [6, 6.07) is 14.4. The number of esters is 1. The lowest BCUT2D eigenvalue weighted by atomic mass is 10.0. The predicted octanol–water partition coefficient (Wildman–Crippen LogP) is 4.48. The third-order valence-electron chi connectivity index (χ3n) is 4.95. The summed E-state index contributed by atoms with van der Waals surface area (Å²) < 4.78 is 12.2. The SMILES string of the molecule is CCOC(=O)[C@H]1[C@@H]2Cc3cc(OCc4cccc(Br)c4)ccc3[C@@H]21. The highest BCUT2D eigenvalue weighted by atomic mass is 79.9. The highest BCUT2D eigenvalue weighted by molar-refractivity contribution is 9.10. The number of carbonyl (C=O) groups excluding carboxylic acids is 1. The minimum atomic E-state index is -0.0341. The molecule has 2 aliphatic rings. The minimum Gasteiger partial charge on any atom is -0.489 e. The molecule has 2 aromatic carbocycles. The van der Waals surface area contributed by atoms with Gasteiger partial charge in [0.05, 0.1) is 12.5 Å². The first-order valence-corrected chi connectivity index (χ1v) is 9.13. The van der Waals surface area contributed by atoms with Crippen LogP contribution in [-0.4, -0.2) is 12.6 Å². The second kappa shape index (κ2) is 6.25. The lowest BCUT2D eigenvalue weighted by Crippen LogP contribution is -2.11. The van der Waals surface area contributed by atoms with Crippen LogP contribution in [0.4, 0.5) is 0 Å². The second-order valence-corrected chi connectivity index (χ2v) is 7.37. The van der Waals surface area contributed by atoms with Crippen LogP contribution in [0.15, 0.2) is 46.9 Å². The first kappa shape index (κ1) is 15.7. The van der Waals surface area contributed by atoms with Crippen LogP contribution in [0.2, 0.25) is 0 Å². The number of rotatable bonds is 5. The average Bonchev–Trinajstić information content (AvgIpc) is 3.16. The van der Waals surface area contributed by atoms with Gasteiger partial charge in [-0.15, -0.1) is 0 Å². The van der Waals surface area contributed by atoms with Gasteiger partial charge in [-0.2, -0.15) is 0 Å². The zero-order valence-corrected chi connectivity index (χ0v) is 15.1. The number of halogens is 1. The lowest BCUT2D eigenvalue weighted by molar-refractivity contribution is -0.145. The van der Waals surface area contributed by atoms with E-state index in [-0.39, 0.29) is 11.9 Å². The smallest absolute Gasteiger partial charge is 0.309 e. The summed E-state index contributed by atoms with van der Waals surface area (Å²) in [5.74, 6) is 1.72. The predicted molar refractivity (Wildman–Crippen MR) is 95.0 cm³/mol. The maximum Gasteiger partial charge on any atom is 0.309 e. The summed E-state index contributed by atoms with van der Waals surface area (Å²) in [7, 11) is 0. The van der Waals surface area contributed by atoms with Gasteiger partial charge >= 0.3 is 5.97 Å². The van der Waals surface area contributed by atoms with E-state index < -0.39 is 0 Å². The molecule has 0 unspecified atom stereocenters. The fourth-order valence-corrected chi connectivity index (χ4v) is 4.28. The Labute approximate surface area is 150 Å². The van der Waals surface area contributed by atoms with Crippen molar-refractivity contribution in [1.82, 2.24) is 0 Å². The zero-order valence-electron chi connectivity index (χ0n) is 13.5. The van der Waals surface area contributed by atoms with Gasteiger partial charge in [0.25, 0.3) is 0 Å². The molecule has 0 aromatic heterocycles. The molecule has 0 radical (unpaired) electrons. The zero-order chi connectivity index (χ0) is 16.7. The molecular weight excluding hydrogens is 368 g/mol. The summed E-state index contributed by atoms with van der Waals surface area (Å²) in [6.07, 6.45) is 0.956. The molecule has 3 atom stereocenters. The van der Waals surface area contributed by atoms with Crippen LogP contribution < -0.4 is 4.74 Å². The molecule has 0 aliphatic heterocycles. The van der Waals surface area contributed by atoms with Crippen LogP contribution in [0.3, 0.4) is 0 Å². The average molecular weight is 387 g/mol. The molecule has 0 saturated heterocycles.